The summed E-state index contributed by atoms with van der Waals surface area (Å²) < 4.78 is 34.1. The molecule has 0 spiro atoms. The summed E-state index contributed by atoms with van der Waals surface area (Å²) in [5.74, 6) is 0. The first-order chi connectivity index (χ1) is 2.00. The van der Waals surface area contributed by atoms with Gasteiger partial charge < -0.3 is 74.8 Å². The summed E-state index contributed by atoms with van der Waals surface area (Å²) in [5.41, 5.74) is 0. The van der Waals surface area contributed by atoms with E-state index >= 15 is 0 Å². The molecular formula is H24FeO16S. The molecule has 24 N–H and O–H groups in total. The molecule has 0 aliphatic rings. The Hall–Kier alpha value is -0.0905. The van der Waals surface area contributed by atoms with Crippen molar-refractivity contribution in [3.8, 4) is 0 Å². The van der Waals surface area contributed by atoms with E-state index in [-0.39, 0.29) is 82.8 Å². The van der Waals surface area contributed by atoms with Gasteiger partial charge in [-0.25, -0.2) is 0 Å². The third-order valence-corrected chi connectivity index (χ3v) is 0. The zero-order valence-corrected chi connectivity index (χ0v) is 10.3. The molecule has 0 saturated carbocycles. The van der Waals surface area contributed by atoms with Crippen LogP contribution in [0, 0.1) is 0 Å². The summed E-state index contributed by atoms with van der Waals surface area (Å²) in [4.78, 5) is 0. The molecule has 0 bridgehead atoms. The minimum atomic E-state index is -5.17. The Balaban J connectivity index is -0.00000000103. The first kappa shape index (κ1) is 335. The van der Waals surface area contributed by atoms with Crippen molar-refractivity contribution in [1.82, 2.24) is 0 Å². The Bertz CT molecular complexity index is 94.3. The minimum absolute atomic E-state index is 0. The van der Waals surface area contributed by atoms with Gasteiger partial charge in [-0.2, -0.15) is 0 Å². The van der Waals surface area contributed by atoms with Crippen molar-refractivity contribution >= 4 is 10.4 Å². The second-order valence-electron chi connectivity index (χ2n) is 0.408. The second-order valence-corrected chi connectivity index (χ2v) is 1.22. The van der Waals surface area contributed by atoms with Gasteiger partial charge in [-0.1, -0.05) is 0 Å². The first-order valence-electron chi connectivity index (χ1n) is 0.667. The molecule has 0 saturated heterocycles. The van der Waals surface area contributed by atoms with Crippen molar-refractivity contribution in [2.75, 3.05) is 0 Å². The van der Waals surface area contributed by atoms with Crippen LogP contribution in [0.25, 0.3) is 0 Å². The van der Waals surface area contributed by atoms with Gasteiger partial charge in [0.15, 0.2) is 0 Å². The Morgan fingerprint density at radius 3 is 0.444 bits per heavy atom. The largest absolute Gasteiger partial charge is 2.00 e. The summed E-state index contributed by atoms with van der Waals surface area (Å²) in [7, 11) is -5.17. The minimum Gasteiger partial charge on any atom is -0.759 e. The average molecular weight is 368 g/mol. The molecule has 18 heavy (non-hydrogen) atoms. The zero-order valence-electron chi connectivity index (χ0n) is 8.39. The molecule has 0 aliphatic heterocycles. The van der Waals surface area contributed by atoms with Gasteiger partial charge in [-0.05, 0) is 0 Å². The van der Waals surface area contributed by atoms with Crippen molar-refractivity contribution < 1.29 is 100 Å². The van der Waals surface area contributed by atoms with Crippen LogP contribution in [0.5, 0.6) is 0 Å². The fourth-order valence-corrected chi connectivity index (χ4v) is 0. The van der Waals surface area contributed by atoms with E-state index in [4.69, 9.17) is 17.5 Å². The fourth-order valence-electron chi connectivity index (χ4n) is 0. The van der Waals surface area contributed by atoms with E-state index in [1.54, 1.807) is 0 Å². The number of hydrogen-bond donors (Lipinski definition) is 0. The summed E-state index contributed by atoms with van der Waals surface area (Å²) in [5, 5.41) is 0. The summed E-state index contributed by atoms with van der Waals surface area (Å²) >= 11 is 0. The third-order valence-electron chi connectivity index (χ3n) is 0. The van der Waals surface area contributed by atoms with E-state index in [0.717, 1.165) is 0 Å². The van der Waals surface area contributed by atoms with E-state index in [0.29, 0.717) is 0 Å². The molecule has 134 valence electrons. The van der Waals surface area contributed by atoms with Crippen LogP contribution in [0.3, 0.4) is 0 Å². The smallest absolute Gasteiger partial charge is 0.759 e. The van der Waals surface area contributed by atoms with Crippen LogP contribution in [-0.2, 0) is 27.5 Å². The average Bonchev–Trinajstić information content (AvgIpc) is 0.722. The van der Waals surface area contributed by atoms with Crippen molar-refractivity contribution in [3.05, 3.63) is 0 Å². The molecule has 0 fully saturated rings. The maximum Gasteiger partial charge on any atom is 2.00 e. The predicted octanol–water partition coefficient (Wildman–Crippen LogP) is -11.2. The Morgan fingerprint density at radius 2 is 0.444 bits per heavy atom. The normalized spacial score (nSPS) is 3.22. The van der Waals surface area contributed by atoms with Crippen molar-refractivity contribution in [1.29, 1.82) is 0 Å². The quantitative estimate of drug-likeness (QED) is 0.228. The summed E-state index contributed by atoms with van der Waals surface area (Å²) in [6.07, 6.45) is 0. The Morgan fingerprint density at radius 1 is 0.444 bits per heavy atom. The van der Waals surface area contributed by atoms with Crippen molar-refractivity contribution in [2.45, 2.75) is 0 Å². The van der Waals surface area contributed by atoms with Crippen LogP contribution >= 0.6 is 0 Å². The van der Waals surface area contributed by atoms with Gasteiger partial charge in [0.1, 0.15) is 0 Å². The SMILES string of the molecule is O.O.O.O.O.O.O.O.O.O.O.O.O=S(=O)([O-])[O-].[Fe+2]. The molecule has 0 aromatic carbocycles. The predicted molar refractivity (Wildman–Crippen MR) is 53.8 cm³/mol. The fraction of sp³-hybridized carbons (Fsp3) is 0. The van der Waals surface area contributed by atoms with Crippen LogP contribution < -0.4 is 0 Å². The molecule has 0 heterocycles. The van der Waals surface area contributed by atoms with Gasteiger partial charge in [-0.3, -0.25) is 8.42 Å². The van der Waals surface area contributed by atoms with Crippen LogP contribution in [0.2, 0.25) is 0 Å². The van der Waals surface area contributed by atoms with Gasteiger partial charge in [0.2, 0.25) is 0 Å². The molecule has 0 aliphatic carbocycles. The standard InChI is InChI=1S/Fe.H2O4S.12H2O/c;1-5(2,3)4;;;;;;;;;;;;/h;(H2,1,2,3,4);12*1H2/q+2;;;;;;;;;;;;;/p-2. The van der Waals surface area contributed by atoms with Crippen LogP contribution in [0.15, 0.2) is 0 Å². The van der Waals surface area contributed by atoms with Gasteiger partial charge in [0.25, 0.3) is 0 Å². The van der Waals surface area contributed by atoms with E-state index in [1.165, 1.54) is 0 Å². The van der Waals surface area contributed by atoms with Crippen LogP contribution in [-0.4, -0.2) is 83.2 Å². The van der Waals surface area contributed by atoms with Crippen LogP contribution in [0.1, 0.15) is 0 Å². The maximum atomic E-state index is 8.52. The molecule has 0 rings (SSSR count). The molecule has 0 amide bonds. The van der Waals surface area contributed by atoms with Crippen LogP contribution in [0.4, 0.5) is 0 Å². The molecule has 0 aromatic heterocycles. The van der Waals surface area contributed by atoms with E-state index in [1.807, 2.05) is 0 Å². The second kappa shape index (κ2) is 123. The third kappa shape index (κ3) is 432000. The van der Waals surface area contributed by atoms with Gasteiger partial charge >= 0.3 is 17.1 Å². The van der Waals surface area contributed by atoms with Crippen molar-refractivity contribution in [2.24, 2.45) is 0 Å². The molecule has 0 aromatic rings. The number of hydrogen-bond acceptors (Lipinski definition) is 4. The molecule has 0 unspecified atom stereocenters. The topological polar surface area (TPSA) is 458 Å². The van der Waals surface area contributed by atoms with Gasteiger partial charge in [0, 0.05) is 10.4 Å². The first-order valence-corrected chi connectivity index (χ1v) is 2.00. The van der Waals surface area contributed by atoms with Gasteiger partial charge in [0.05, 0.1) is 0 Å². The molecular weight excluding hydrogens is 344 g/mol. The zero-order chi connectivity index (χ0) is 4.50. The number of rotatable bonds is 0. The van der Waals surface area contributed by atoms with Crippen molar-refractivity contribution in [3.63, 3.8) is 0 Å². The maximum absolute atomic E-state index is 8.52. The van der Waals surface area contributed by atoms with E-state index in [2.05, 4.69) is 0 Å². The Kier molecular flexibility index (Phi) is 2280. The molecule has 0 atom stereocenters. The molecule has 0 radical (unpaired) electrons. The van der Waals surface area contributed by atoms with Gasteiger partial charge in [-0.15, -0.1) is 0 Å². The molecule has 18 heteroatoms. The Labute approximate surface area is 111 Å². The van der Waals surface area contributed by atoms with E-state index < -0.39 is 10.4 Å². The summed E-state index contributed by atoms with van der Waals surface area (Å²) in [6, 6.07) is 0. The van der Waals surface area contributed by atoms with E-state index in [9.17, 15) is 0 Å². The molecule has 16 nitrogen and oxygen atoms in total. The summed E-state index contributed by atoms with van der Waals surface area (Å²) in [6.45, 7) is 0. The monoisotopic (exact) mass is 368 g/mol.